The third-order valence-corrected chi connectivity index (χ3v) is 5.86. The number of benzene rings is 1. The van der Waals surface area contributed by atoms with Crippen molar-refractivity contribution in [3.8, 4) is 11.5 Å². The first-order valence-corrected chi connectivity index (χ1v) is 10.5. The predicted molar refractivity (Wildman–Crippen MR) is 114 cm³/mol. The monoisotopic (exact) mass is 420 g/mol. The van der Waals surface area contributed by atoms with Gasteiger partial charge in [0.2, 0.25) is 5.65 Å². The lowest BCUT2D eigenvalue weighted by molar-refractivity contribution is 0.353. The summed E-state index contributed by atoms with van der Waals surface area (Å²) in [4.78, 5) is 11.4. The van der Waals surface area contributed by atoms with Crippen LogP contribution >= 0.6 is 0 Å². The minimum Gasteiger partial charge on any atom is -0.508 e. The van der Waals surface area contributed by atoms with Crippen LogP contribution in [0.3, 0.4) is 0 Å². The number of fused-ring (bicyclic) bond motifs is 1. The van der Waals surface area contributed by atoms with Gasteiger partial charge in [-0.15, -0.1) is 5.10 Å². The number of nitrogens with zero attached hydrogens (tertiary/aromatic N) is 8. The van der Waals surface area contributed by atoms with Gasteiger partial charge in [-0.05, 0) is 49.4 Å². The third-order valence-electron chi connectivity index (χ3n) is 5.86. The van der Waals surface area contributed by atoms with Crippen molar-refractivity contribution in [2.75, 3.05) is 18.0 Å². The van der Waals surface area contributed by atoms with Crippen molar-refractivity contribution in [1.82, 2.24) is 34.7 Å². The predicted octanol–water partition coefficient (Wildman–Crippen LogP) is 2.18. The van der Waals surface area contributed by atoms with Gasteiger partial charge in [0, 0.05) is 37.6 Å². The highest BCUT2D eigenvalue weighted by Gasteiger charge is 2.21. The summed E-state index contributed by atoms with van der Waals surface area (Å²) < 4.78 is 3.58. The van der Waals surface area contributed by atoms with Crippen LogP contribution in [-0.4, -0.2) is 58.0 Å². The van der Waals surface area contributed by atoms with E-state index in [0.717, 1.165) is 44.7 Å². The van der Waals surface area contributed by atoms with Gasteiger partial charge < -0.3 is 15.1 Å². The molecule has 0 amide bonds. The Morgan fingerprint density at radius 3 is 2.81 bits per heavy atom. The quantitative estimate of drug-likeness (QED) is 0.456. The molecular formula is C21H24N8O2. The summed E-state index contributed by atoms with van der Waals surface area (Å²) >= 11 is 0. The fraction of sp³-hybridized carbons (Fsp3) is 0.381. The lowest BCUT2D eigenvalue weighted by Gasteiger charge is -2.32. The maximum absolute atomic E-state index is 10.1. The van der Waals surface area contributed by atoms with Crippen molar-refractivity contribution in [2.45, 2.75) is 32.4 Å². The Labute approximate surface area is 178 Å². The molecule has 1 saturated heterocycles. The standard InChI is InChI=1S/C21H24N8O2/c30-17-2-3-18(31)16(12-17)14-29-21-20(25-26-29)22-13-19(24-21)27-9-4-15(5-10-27)6-11-28-8-1-7-23-28/h1-3,7-8,12-13,15,30-31H,4-6,9-11,14H2. The Bertz CT molecular complexity index is 1170. The molecule has 1 aliphatic rings. The second-order valence-corrected chi connectivity index (χ2v) is 7.92. The van der Waals surface area contributed by atoms with Crippen LogP contribution in [-0.2, 0) is 13.1 Å². The van der Waals surface area contributed by atoms with E-state index < -0.39 is 0 Å². The molecule has 160 valence electrons. The number of aromatic hydroxyl groups is 2. The Balaban J connectivity index is 1.28. The molecule has 4 aromatic rings. The number of hydrogen-bond donors (Lipinski definition) is 2. The molecule has 10 heteroatoms. The Morgan fingerprint density at radius 1 is 1.13 bits per heavy atom. The lowest BCUT2D eigenvalue weighted by Crippen LogP contribution is -2.34. The summed E-state index contributed by atoms with van der Waals surface area (Å²) in [5.74, 6) is 1.65. The molecule has 31 heavy (non-hydrogen) atoms. The zero-order valence-corrected chi connectivity index (χ0v) is 17.0. The fourth-order valence-corrected chi connectivity index (χ4v) is 4.06. The zero-order chi connectivity index (χ0) is 21.2. The highest BCUT2D eigenvalue weighted by atomic mass is 16.3. The minimum atomic E-state index is 0.0828. The highest BCUT2D eigenvalue weighted by molar-refractivity contribution is 5.67. The number of phenols is 2. The van der Waals surface area contributed by atoms with Gasteiger partial charge in [-0.1, -0.05) is 5.21 Å². The number of rotatable bonds is 6. The van der Waals surface area contributed by atoms with E-state index in [2.05, 4.69) is 25.3 Å². The molecule has 0 spiro atoms. The summed E-state index contributed by atoms with van der Waals surface area (Å²) in [5.41, 5.74) is 1.55. The number of anilines is 1. The summed E-state index contributed by atoms with van der Waals surface area (Å²) in [5, 5.41) is 32.3. The van der Waals surface area contributed by atoms with Crippen molar-refractivity contribution >= 4 is 17.1 Å². The maximum atomic E-state index is 10.1. The number of phenolic OH excluding ortho intramolecular Hbond substituents is 2. The molecule has 0 radical (unpaired) electrons. The van der Waals surface area contributed by atoms with Gasteiger partial charge in [0.15, 0.2) is 5.65 Å². The van der Waals surface area contributed by atoms with Crippen molar-refractivity contribution in [3.05, 3.63) is 48.4 Å². The molecule has 1 fully saturated rings. The van der Waals surface area contributed by atoms with Crippen LogP contribution in [0.2, 0.25) is 0 Å². The van der Waals surface area contributed by atoms with E-state index in [1.54, 1.807) is 10.9 Å². The van der Waals surface area contributed by atoms with Gasteiger partial charge in [0.25, 0.3) is 0 Å². The first-order chi connectivity index (χ1) is 15.2. The van der Waals surface area contributed by atoms with Crippen molar-refractivity contribution in [1.29, 1.82) is 0 Å². The summed E-state index contributed by atoms with van der Waals surface area (Å²) in [6.45, 7) is 3.05. The van der Waals surface area contributed by atoms with Gasteiger partial charge in [0.05, 0.1) is 12.7 Å². The molecule has 0 saturated carbocycles. The molecule has 4 heterocycles. The van der Waals surface area contributed by atoms with Gasteiger partial charge >= 0.3 is 0 Å². The van der Waals surface area contributed by atoms with Crippen LogP contribution in [0.5, 0.6) is 11.5 Å². The maximum Gasteiger partial charge on any atom is 0.221 e. The second kappa shape index (κ2) is 8.21. The van der Waals surface area contributed by atoms with E-state index >= 15 is 0 Å². The molecule has 0 bridgehead atoms. The van der Waals surface area contributed by atoms with Crippen LogP contribution in [0, 0.1) is 5.92 Å². The van der Waals surface area contributed by atoms with E-state index in [-0.39, 0.29) is 18.0 Å². The molecule has 2 N–H and O–H groups in total. The van der Waals surface area contributed by atoms with E-state index in [9.17, 15) is 10.2 Å². The highest BCUT2D eigenvalue weighted by Crippen LogP contribution is 2.26. The zero-order valence-electron chi connectivity index (χ0n) is 17.0. The van der Waals surface area contributed by atoms with Crippen LogP contribution in [0.4, 0.5) is 5.82 Å². The first kappa shape index (κ1) is 19.3. The van der Waals surface area contributed by atoms with Crippen LogP contribution in [0.1, 0.15) is 24.8 Å². The largest absolute Gasteiger partial charge is 0.508 e. The average molecular weight is 420 g/mol. The van der Waals surface area contributed by atoms with Gasteiger partial charge in [0.1, 0.15) is 17.3 Å². The molecule has 1 aliphatic heterocycles. The third kappa shape index (κ3) is 4.14. The van der Waals surface area contributed by atoms with Gasteiger partial charge in [-0.2, -0.15) is 5.10 Å². The van der Waals surface area contributed by atoms with Crippen LogP contribution in [0.25, 0.3) is 11.3 Å². The number of piperidine rings is 1. The summed E-state index contributed by atoms with van der Waals surface area (Å²) in [7, 11) is 0. The minimum absolute atomic E-state index is 0.0828. The lowest BCUT2D eigenvalue weighted by atomic mass is 9.93. The molecule has 0 unspecified atom stereocenters. The number of aromatic nitrogens is 7. The van der Waals surface area contributed by atoms with E-state index in [1.807, 2.05) is 23.1 Å². The van der Waals surface area contributed by atoms with Crippen LogP contribution in [0.15, 0.2) is 42.9 Å². The van der Waals surface area contributed by atoms with Crippen molar-refractivity contribution < 1.29 is 10.2 Å². The number of aryl methyl sites for hydroxylation is 1. The van der Waals surface area contributed by atoms with Gasteiger partial charge in [-0.3, -0.25) is 4.68 Å². The molecular weight excluding hydrogens is 396 g/mol. The smallest absolute Gasteiger partial charge is 0.221 e. The first-order valence-electron chi connectivity index (χ1n) is 10.5. The van der Waals surface area contributed by atoms with Crippen LogP contribution < -0.4 is 4.90 Å². The van der Waals surface area contributed by atoms with E-state index in [1.165, 1.54) is 18.2 Å². The molecule has 0 aliphatic carbocycles. The van der Waals surface area contributed by atoms with Gasteiger partial charge in [-0.25, -0.2) is 14.6 Å². The Morgan fingerprint density at radius 2 is 2.00 bits per heavy atom. The fourth-order valence-electron chi connectivity index (χ4n) is 4.06. The van der Waals surface area contributed by atoms with E-state index in [0.29, 0.717) is 22.8 Å². The van der Waals surface area contributed by atoms with Crippen molar-refractivity contribution in [2.24, 2.45) is 5.92 Å². The molecule has 0 atom stereocenters. The molecule has 5 rings (SSSR count). The summed E-state index contributed by atoms with van der Waals surface area (Å²) in [6, 6.07) is 6.36. The normalized spacial score (nSPS) is 15.0. The number of hydrogen-bond acceptors (Lipinski definition) is 8. The molecule has 3 aromatic heterocycles. The second-order valence-electron chi connectivity index (χ2n) is 7.92. The van der Waals surface area contributed by atoms with E-state index in [4.69, 9.17) is 4.98 Å². The Hall–Kier alpha value is -3.69. The summed E-state index contributed by atoms with van der Waals surface area (Å²) in [6.07, 6.45) is 8.92. The average Bonchev–Trinajstić information content (AvgIpc) is 3.45. The SMILES string of the molecule is Oc1ccc(O)c(Cn2nnc3ncc(N4CCC(CCn5cccn5)CC4)nc32)c1. The topological polar surface area (TPSA) is 118 Å². The molecule has 10 nitrogen and oxygen atoms in total. The molecule has 1 aromatic carbocycles. The van der Waals surface area contributed by atoms with Crippen molar-refractivity contribution in [3.63, 3.8) is 0 Å². The Kier molecular flexibility index (Phi) is 5.11.